The zero-order valence-electron chi connectivity index (χ0n) is 15.3. The van der Waals surface area contributed by atoms with E-state index >= 15 is 0 Å². The summed E-state index contributed by atoms with van der Waals surface area (Å²) in [5, 5.41) is 2.89. The van der Waals surface area contributed by atoms with E-state index in [1.54, 1.807) is 36.4 Å². The number of hydrogen-bond acceptors (Lipinski definition) is 3. The minimum atomic E-state index is -1.70. The van der Waals surface area contributed by atoms with Crippen molar-refractivity contribution in [1.29, 1.82) is 0 Å². The Hall–Kier alpha value is -1.05. The summed E-state index contributed by atoms with van der Waals surface area (Å²) < 4.78 is 1.03. The van der Waals surface area contributed by atoms with Gasteiger partial charge in [0.05, 0.1) is 0 Å². The molecule has 0 saturated carbocycles. The maximum absolute atomic E-state index is 12.8. The lowest BCUT2D eigenvalue weighted by Gasteiger charge is -2.47. The first-order valence-electron chi connectivity index (χ1n) is 9.29. The Morgan fingerprint density at radius 1 is 1.10 bits per heavy atom. The Bertz CT molecular complexity index is 974. The summed E-state index contributed by atoms with van der Waals surface area (Å²) in [6, 6.07) is 12.4. The summed E-state index contributed by atoms with van der Waals surface area (Å²) in [7, 11) is 0. The molecule has 0 aliphatic carbocycles. The highest BCUT2D eigenvalue weighted by atomic mass is 79.9. The van der Waals surface area contributed by atoms with Gasteiger partial charge in [-0.2, -0.15) is 0 Å². The van der Waals surface area contributed by atoms with Gasteiger partial charge >= 0.3 is 0 Å². The van der Waals surface area contributed by atoms with Crippen molar-refractivity contribution in [2.75, 3.05) is 13.1 Å². The molecule has 0 unspecified atom stereocenters. The molecule has 1 aromatic heterocycles. The summed E-state index contributed by atoms with van der Waals surface area (Å²) in [6.45, 7) is 1.87. The predicted molar refractivity (Wildman–Crippen MR) is 119 cm³/mol. The molecule has 1 N–H and O–H groups in total. The summed E-state index contributed by atoms with van der Waals surface area (Å²) in [5.41, 5.74) is 1.51. The van der Waals surface area contributed by atoms with Gasteiger partial charge in [-0.05, 0) is 42.7 Å². The predicted octanol–water partition coefficient (Wildman–Crippen LogP) is 4.16. The number of piperidine rings is 1. The minimum Gasteiger partial charge on any atom is -0.332 e. The van der Waals surface area contributed by atoms with Crippen LogP contribution in [0.15, 0.2) is 51.7 Å². The number of fused-ring (bicyclic) bond motifs is 4. The van der Waals surface area contributed by atoms with E-state index in [4.69, 9.17) is 34.8 Å². The van der Waals surface area contributed by atoms with Gasteiger partial charge in [0.1, 0.15) is 6.17 Å². The molecule has 2 bridgehead atoms. The summed E-state index contributed by atoms with van der Waals surface area (Å²) in [4.78, 5) is 27.0. The third kappa shape index (κ3) is 4.52. The van der Waals surface area contributed by atoms with Crippen molar-refractivity contribution in [3.63, 3.8) is 0 Å². The molecule has 1 fully saturated rings. The summed E-state index contributed by atoms with van der Waals surface area (Å²) in [6.07, 6.45) is 0.198. The lowest BCUT2D eigenvalue weighted by Crippen LogP contribution is -2.60. The second-order valence-corrected chi connectivity index (χ2v) is 10.9. The van der Waals surface area contributed by atoms with Crippen molar-refractivity contribution in [1.82, 2.24) is 14.8 Å². The topological polar surface area (TPSA) is 54.3 Å². The number of carbonyl (C=O) groups excluding carboxylic acids is 1. The molecule has 0 spiro atoms. The highest BCUT2D eigenvalue weighted by Crippen LogP contribution is 2.40. The fourth-order valence-corrected chi connectivity index (χ4v) is 5.18. The first kappa shape index (κ1) is 21.2. The Kier molecular flexibility index (Phi) is 6.02. The Balaban J connectivity index is 1.58. The number of aromatic nitrogens is 1. The van der Waals surface area contributed by atoms with Crippen LogP contribution >= 0.6 is 50.7 Å². The average molecular weight is 520 g/mol. The van der Waals surface area contributed by atoms with Gasteiger partial charge in [0.15, 0.2) is 0 Å². The highest BCUT2D eigenvalue weighted by molar-refractivity contribution is 9.10. The van der Waals surface area contributed by atoms with Crippen molar-refractivity contribution < 1.29 is 4.79 Å². The Morgan fingerprint density at radius 3 is 2.52 bits per heavy atom. The number of rotatable bonds is 3. The molecule has 0 radical (unpaired) electrons. The molecule has 9 heteroatoms. The van der Waals surface area contributed by atoms with Gasteiger partial charge in [0, 0.05) is 47.3 Å². The fourth-order valence-electron chi connectivity index (χ4n) is 4.33. The molecule has 1 amide bonds. The number of pyridine rings is 1. The summed E-state index contributed by atoms with van der Waals surface area (Å²) in [5.74, 6) is 0.0952. The number of carbonyl (C=O) groups is 1. The third-order valence-electron chi connectivity index (χ3n) is 5.56. The molecule has 3 atom stereocenters. The van der Waals surface area contributed by atoms with Crippen LogP contribution in [0.4, 0.5) is 0 Å². The minimum absolute atomic E-state index is 0.0205. The molecule has 2 aromatic rings. The zero-order valence-corrected chi connectivity index (χ0v) is 19.2. The molecule has 2 aliphatic rings. The van der Waals surface area contributed by atoms with Gasteiger partial charge in [0.25, 0.3) is 11.5 Å². The van der Waals surface area contributed by atoms with Gasteiger partial charge in [0.2, 0.25) is 3.79 Å². The van der Waals surface area contributed by atoms with Crippen LogP contribution in [0, 0.1) is 5.92 Å². The summed E-state index contributed by atoms with van der Waals surface area (Å²) >= 11 is 22.2. The van der Waals surface area contributed by atoms with E-state index in [1.807, 2.05) is 15.5 Å². The van der Waals surface area contributed by atoms with Gasteiger partial charge < -0.3 is 9.88 Å². The second kappa shape index (κ2) is 8.23. The van der Waals surface area contributed by atoms with Gasteiger partial charge in [-0.25, -0.2) is 0 Å². The van der Waals surface area contributed by atoms with Crippen LogP contribution in [0.5, 0.6) is 0 Å². The number of nitrogens with zero attached hydrogens (tertiary/aromatic N) is 2. The monoisotopic (exact) mass is 517 g/mol. The third-order valence-corrected chi connectivity index (χ3v) is 6.71. The van der Waals surface area contributed by atoms with Crippen LogP contribution in [0.1, 0.15) is 28.4 Å². The molecule has 2 aliphatic heterocycles. The maximum Gasteiger partial charge on any atom is 0.252 e. The van der Waals surface area contributed by atoms with Crippen molar-refractivity contribution in [2.45, 2.75) is 28.8 Å². The Labute approximate surface area is 192 Å². The first-order chi connectivity index (χ1) is 13.7. The molecule has 154 valence electrons. The van der Waals surface area contributed by atoms with Gasteiger partial charge in [-0.3, -0.25) is 14.5 Å². The number of halogens is 4. The molecule has 5 nitrogen and oxygen atoms in total. The van der Waals surface area contributed by atoms with Gasteiger partial charge in [-0.1, -0.05) is 56.8 Å². The lowest BCUT2D eigenvalue weighted by atomic mass is 9.83. The number of nitrogens with one attached hydrogen (secondary N) is 1. The van der Waals surface area contributed by atoms with Gasteiger partial charge in [-0.15, -0.1) is 0 Å². The molecular weight excluding hydrogens is 501 g/mol. The van der Waals surface area contributed by atoms with Crippen molar-refractivity contribution in [3.8, 4) is 0 Å². The van der Waals surface area contributed by atoms with Crippen LogP contribution < -0.4 is 10.9 Å². The largest absolute Gasteiger partial charge is 0.332 e. The average Bonchev–Trinajstić information content (AvgIpc) is 2.66. The highest BCUT2D eigenvalue weighted by Gasteiger charge is 2.44. The number of alkyl halides is 3. The van der Waals surface area contributed by atoms with Crippen molar-refractivity contribution in [3.05, 3.63) is 68.5 Å². The lowest BCUT2D eigenvalue weighted by molar-refractivity contribution is 0.0586. The van der Waals surface area contributed by atoms with E-state index in [-0.39, 0.29) is 23.3 Å². The standard InChI is InChI=1S/C20H19BrCl3N3O2/c21-15-6-4-13(5-7-15)18(29)25-19(20(22,23)24)26-9-12-8-14(11-26)16-2-1-3-17(28)27(16)10-12/h1-7,12,14,19H,8-11H2,(H,25,29)/t12-,14-,19-/m0/s1. The van der Waals surface area contributed by atoms with Crippen molar-refractivity contribution in [2.24, 2.45) is 5.92 Å². The van der Waals surface area contributed by atoms with E-state index in [0.717, 1.165) is 16.6 Å². The molecule has 4 rings (SSSR count). The molecule has 3 heterocycles. The quantitative estimate of drug-likeness (QED) is 0.620. The van der Waals surface area contributed by atoms with Crippen LogP contribution in [0.25, 0.3) is 0 Å². The zero-order chi connectivity index (χ0) is 20.8. The van der Waals surface area contributed by atoms with E-state index in [9.17, 15) is 9.59 Å². The van der Waals surface area contributed by atoms with E-state index in [0.29, 0.717) is 25.2 Å². The van der Waals surface area contributed by atoms with E-state index < -0.39 is 9.96 Å². The van der Waals surface area contributed by atoms with Crippen LogP contribution in [-0.2, 0) is 6.54 Å². The van der Waals surface area contributed by atoms with E-state index in [2.05, 4.69) is 21.2 Å². The van der Waals surface area contributed by atoms with Crippen molar-refractivity contribution >= 4 is 56.6 Å². The normalized spacial score (nSPS) is 22.6. The number of likely N-dealkylation sites (tertiary alicyclic amines) is 1. The smallest absolute Gasteiger partial charge is 0.252 e. The second-order valence-electron chi connectivity index (χ2n) is 7.58. The Morgan fingerprint density at radius 2 is 1.83 bits per heavy atom. The molecule has 1 aromatic carbocycles. The fraction of sp³-hybridized carbons (Fsp3) is 0.400. The molecular formula is C20H19BrCl3N3O2. The molecule has 1 saturated heterocycles. The van der Waals surface area contributed by atoms with Crippen LogP contribution in [0.3, 0.4) is 0 Å². The first-order valence-corrected chi connectivity index (χ1v) is 11.2. The number of hydrogen-bond donors (Lipinski definition) is 1. The SMILES string of the molecule is O=C(N[C@@H](N1C[C@@H]2C[C@@H](C1)c1cccc(=O)n1C2)C(Cl)(Cl)Cl)c1ccc(Br)cc1. The van der Waals surface area contributed by atoms with Crippen LogP contribution in [0.2, 0.25) is 0 Å². The number of amides is 1. The van der Waals surface area contributed by atoms with Crippen LogP contribution in [-0.4, -0.2) is 38.4 Å². The van der Waals surface area contributed by atoms with E-state index in [1.165, 1.54) is 0 Å². The maximum atomic E-state index is 12.8. The number of benzene rings is 1. The molecule has 29 heavy (non-hydrogen) atoms.